The van der Waals surface area contributed by atoms with Crippen molar-refractivity contribution in [1.29, 1.82) is 0 Å². The highest BCUT2D eigenvalue weighted by atomic mass is 79.9. The van der Waals surface area contributed by atoms with Crippen molar-refractivity contribution in [3.05, 3.63) is 33.8 Å². The molecule has 118 valence electrons. The van der Waals surface area contributed by atoms with Gasteiger partial charge in [-0.05, 0) is 64.0 Å². The Labute approximate surface area is 137 Å². The number of hydrogen-bond donors (Lipinski definition) is 1. The van der Waals surface area contributed by atoms with E-state index < -0.39 is 0 Å². The lowest BCUT2D eigenvalue weighted by Crippen LogP contribution is -2.33. The normalized spacial score (nSPS) is 12.5. The fourth-order valence-electron chi connectivity index (χ4n) is 2.27. The topological polar surface area (TPSA) is 32.3 Å². The van der Waals surface area contributed by atoms with Gasteiger partial charge >= 0.3 is 0 Å². The summed E-state index contributed by atoms with van der Waals surface area (Å²) in [6.45, 7) is 11.7. The predicted molar refractivity (Wildman–Crippen MR) is 92.8 cm³/mol. The Morgan fingerprint density at radius 3 is 2.57 bits per heavy atom. The van der Waals surface area contributed by atoms with E-state index in [0.717, 1.165) is 42.5 Å². The van der Waals surface area contributed by atoms with Crippen LogP contribution < -0.4 is 5.32 Å². The van der Waals surface area contributed by atoms with Crippen molar-refractivity contribution in [2.24, 2.45) is 0 Å². The average Bonchev–Trinajstić information content (AvgIpc) is 2.46. The van der Waals surface area contributed by atoms with Crippen LogP contribution in [0.3, 0.4) is 0 Å². The standard InChI is InChI=1S/C17H27BrN2O/c1-5-20(6-2)11-7-8-14(4)19-17(21)15-10-9-13(3)16(18)12-15/h9-10,12,14H,5-8,11H2,1-4H3,(H,19,21). The van der Waals surface area contributed by atoms with E-state index in [1.54, 1.807) is 0 Å². The highest BCUT2D eigenvalue weighted by Gasteiger charge is 2.11. The first kappa shape index (κ1) is 18.2. The lowest BCUT2D eigenvalue weighted by Gasteiger charge is -2.19. The van der Waals surface area contributed by atoms with E-state index >= 15 is 0 Å². The highest BCUT2D eigenvalue weighted by molar-refractivity contribution is 9.10. The van der Waals surface area contributed by atoms with Gasteiger partial charge in [0.15, 0.2) is 0 Å². The molecule has 3 nitrogen and oxygen atoms in total. The van der Waals surface area contributed by atoms with Crippen molar-refractivity contribution >= 4 is 21.8 Å². The van der Waals surface area contributed by atoms with E-state index in [-0.39, 0.29) is 11.9 Å². The quantitative estimate of drug-likeness (QED) is 0.765. The van der Waals surface area contributed by atoms with Crippen LogP contribution in [0.2, 0.25) is 0 Å². The molecule has 0 fully saturated rings. The smallest absolute Gasteiger partial charge is 0.251 e. The summed E-state index contributed by atoms with van der Waals surface area (Å²) in [6.07, 6.45) is 2.12. The van der Waals surface area contributed by atoms with E-state index in [4.69, 9.17) is 0 Å². The number of halogens is 1. The fraction of sp³-hybridized carbons (Fsp3) is 0.588. The molecule has 0 spiro atoms. The van der Waals surface area contributed by atoms with Gasteiger partial charge in [0.25, 0.3) is 5.91 Å². The molecule has 1 N–H and O–H groups in total. The average molecular weight is 355 g/mol. The Morgan fingerprint density at radius 2 is 2.00 bits per heavy atom. The van der Waals surface area contributed by atoms with Gasteiger partial charge in [0.05, 0.1) is 0 Å². The Bertz CT molecular complexity index is 458. The maximum atomic E-state index is 12.2. The molecule has 0 radical (unpaired) electrons. The molecule has 1 amide bonds. The Hall–Kier alpha value is -0.870. The first-order valence-electron chi connectivity index (χ1n) is 7.77. The third kappa shape index (κ3) is 6.18. The van der Waals surface area contributed by atoms with Gasteiger partial charge in [0, 0.05) is 16.1 Å². The molecule has 1 atom stereocenters. The largest absolute Gasteiger partial charge is 0.350 e. The molecule has 0 aromatic heterocycles. The van der Waals surface area contributed by atoms with Gasteiger partial charge < -0.3 is 10.2 Å². The van der Waals surface area contributed by atoms with Crippen molar-refractivity contribution < 1.29 is 4.79 Å². The number of carbonyl (C=O) groups excluding carboxylic acids is 1. The van der Waals surface area contributed by atoms with E-state index in [2.05, 4.69) is 46.9 Å². The molecule has 0 aliphatic heterocycles. The Kier molecular flexibility index (Phi) is 7.97. The van der Waals surface area contributed by atoms with Crippen LogP contribution in [-0.2, 0) is 0 Å². The molecule has 0 bridgehead atoms. The molecule has 0 aliphatic rings. The van der Waals surface area contributed by atoms with E-state index in [1.807, 2.05) is 25.1 Å². The van der Waals surface area contributed by atoms with Gasteiger partial charge in [-0.15, -0.1) is 0 Å². The molecule has 1 rings (SSSR count). The van der Waals surface area contributed by atoms with Crippen LogP contribution >= 0.6 is 15.9 Å². The number of nitrogens with zero attached hydrogens (tertiary/aromatic N) is 1. The summed E-state index contributed by atoms with van der Waals surface area (Å²) in [4.78, 5) is 14.6. The van der Waals surface area contributed by atoms with Crippen LogP contribution in [0.4, 0.5) is 0 Å². The lowest BCUT2D eigenvalue weighted by atomic mass is 10.1. The third-order valence-corrected chi connectivity index (χ3v) is 4.67. The number of aryl methyl sites for hydroxylation is 1. The highest BCUT2D eigenvalue weighted by Crippen LogP contribution is 2.17. The Morgan fingerprint density at radius 1 is 1.33 bits per heavy atom. The minimum absolute atomic E-state index is 0.00559. The minimum atomic E-state index is 0.00559. The maximum Gasteiger partial charge on any atom is 0.251 e. The molecule has 1 aromatic rings. The van der Waals surface area contributed by atoms with Gasteiger partial charge in [-0.1, -0.05) is 35.8 Å². The molecule has 4 heteroatoms. The fourth-order valence-corrected chi connectivity index (χ4v) is 2.65. The summed E-state index contributed by atoms with van der Waals surface area (Å²) in [5.74, 6) is 0.00559. The number of hydrogen-bond acceptors (Lipinski definition) is 2. The summed E-state index contributed by atoms with van der Waals surface area (Å²) in [5, 5.41) is 3.07. The van der Waals surface area contributed by atoms with E-state index in [1.165, 1.54) is 0 Å². The van der Waals surface area contributed by atoms with E-state index in [0.29, 0.717) is 5.56 Å². The zero-order valence-electron chi connectivity index (χ0n) is 13.6. The van der Waals surface area contributed by atoms with Crippen LogP contribution in [0.25, 0.3) is 0 Å². The number of amides is 1. The molecular formula is C17H27BrN2O. The van der Waals surface area contributed by atoms with Crippen LogP contribution in [0.5, 0.6) is 0 Å². The molecule has 0 saturated heterocycles. The summed E-state index contributed by atoms with van der Waals surface area (Å²) in [5.41, 5.74) is 1.85. The van der Waals surface area contributed by atoms with E-state index in [9.17, 15) is 4.79 Å². The van der Waals surface area contributed by atoms with Crippen LogP contribution in [0.15, 0.2) is 22.7 Å². The van der Waals surface area contributed by atoms with Gasteiger partial charge in [0.1, 0.15) is 0 Å². The summed E-state index contributed by atoms with van der Waals surface area (Å²) in [7, 11) is 0. The van der Waals surface area contributed by atoms with Gasteiger partial charge in [-0.3, -0.25) is 4.79 Å². The second kappa shape index (κ2) is 9.21. The molecular weight excluding hydrogens is 328 g/mol. The molecule has 0 saturated carbocycles. The van der Waals surface area contributed by atoms with Crippen molar-refractivity contribution in [3.63, 3.8) is 0 Å². The molecule has 0 heterocycles. The van der Waals surface area contributed by atoms with Crippen LogP contribution in [0, 0.1) is 6.92 Å². The van der Waals surface area contributed by atoms with Crippen molar-refractivity contribution in [3.8, 4) is 0 Å². The Balaban J connectivity index is 2.41. The molecule has 1 unspecified atom stereocenters. The minimum Gasteiger partial charge on any atom is -0.350 e. The van der Waals surface area contributed by atoms with Crippen molar-refractivity contribution in [2.75, 3.05) is 19.6 Å². The molecule has 1 aromatic carbocycles. The van der Waals surface area contributed by atoms with Gasteiger partial charge in [-0.2, -0.15) is 0 Å². The van der Waals surface area contributed by atoms with Crippen molar-refractivity contribution in [2.45, 2.75) is 46.6 Å². The first-order valence-corrected chi connectivity index (χ1v) is 8.56. The lowest BCUT2D eigenvalue weighted by molar-refractivity contribution is 0.0937. The zero-order chi connectivity index (χ0) is 15.8. The summed E-state index contributed by atoms with van der Waals surface area (Å²) >= 11 is 3.47. The number of benzene rings is 1. The monoisotopic (exact) mass is 354 g/mol. The molecule has 21 heavy (non-hydrogen) atoms. The second-order valence-electron chi connectivity index (χ2n) is 5.51. The number of nitrogens with one attached hydrogen (secondary N) is 1. The molecule has 0 aliphatic carbocycles. The second-order valence-corrected chi connectivity index (χ2v) is 6.36. The summed E-state index contributed by atoms with van der Waals surface area (Å²) < 4.78 is 0.976. The van der Waals surface area contributed by atoms with Gasteiger partial charge in [0.2, 0.25) is 0 Å². The van der Waals surface area contributed by atoms with Gasteiger partial charge in [-0.25, -0.2) is 0 Å². The summed E-state index contributed by atoms with van der Waals surface area (Å²) in [6, 6.07) is 5.92. The zero-order valence-corrected chi connectivity index (χ0v) is 15.2. The third-order valence-electron chi connectivity index (χ3n) is 3.82. The first-order chi connectivity index (χ1) is 9.97. The van der Waals surface area contributed by atoms with Crippen LogP contribution in [0.1, 0.15) is 49.5 Å². The van der Waals surface area contributed by atoms with Crippen LogP contribution in [-0.4, -0.2) is 36.5 Å². The van der Waals surface area contributed by atoms with Crippen molar-refractivity contribution in [1.82, 2.24) is 10.2 Å². The SMILES string of the molecule is CCN(CC)CCCC(C)NC(=O)c1ccc(C)c(Br)c1. The number of rotatable bonds is 8. The predicted octanol–water partition coefficient (Wildman–Crippen LogP) is 4.00. The number of carbonyl (C=O) groups is 1. The maximum absolute atomic E-state index is 12.2.